The molecule has 2 aromatic rings. The first-order chi connectivity index (χ1) is 10.1. The molecule has 0 saturated heterocycles. The number of nitrogens with two attached hydrogens (primary N) is 1. The molecule has 110 valence electrons. The Balaban J connectivity index is 1.85. The zero-order valence-corrected chi connectivity index (χ0v) is 12.4. The molecule has 0 bridgehead atoms. The van der Waals surface area contributed by atoms with E-state index in [9.17, 15) is 4.79 Å². The molecule has 0 aliphatic carbocycles. The summed E-state index contributed by atoms with van der Waals surface area (Å²) < 4.78 is 5.54. The third-order valence-electron chi connectivity index (χ3n) is 3.24. The molecule has 0 aliphatic heterocycles. The minimum Gasteiger partial charge on any atom is -0.493 e. The molecule has 2 aromatic carbocycles. The van der Waals surface area contributed by atoms with E-state index in [4.69, 9.17) is 10.5 Å². The molecule has 4 nitrogen and oxygen atoms in total. The van der Waals surface area contributed by atoms with E-state index in [1.54, 1.807) is 24.1 Å². The Labute approximate surface area is 125 Å². The number of benzene rings is 2. The van der Waals surface area contributed by atoms with Crippen molar-refractivity contribution < 1.29 is 9.53 Å². The van der Waals surface area contributed by atoms with Crippen LogP contribution in [0.4, 0.5) is 11.4 Å². The minimum atomic E-state index is 0.0164. The largest absolute Gasteiger partial charge is 0.493 e. The average molecular weight is 284 g/mol. The summed E-state index contributed by atoms with van der Waals surface area (Å²) in [6.45, 7) is 2.35. The fraction of sp³-hybridized carbons (Fsp3) is 0.235. The number of nitrogen functional groups attached to an aromatic ring is 1. The van der Waals surface area contributed by atoms with Crippen LogP contribution in [0.25, 0.3) is 0 Å². The maximum Gasteiger partial charge on any atom is 0.230 e. The molecule has 0 heterocycles. The second kappa shape index (κ2) is 6.79. The fourth-order valence-corrected chi connectivity index (χ4v) is 1.94. The molecule has 21 heavy (non-hydrogen) atoms. The van der Waals surface area contributed by atoms with Crippen LogP contribution in [0.15, 0.2) is 48.5 Å². The van der Waals surface area contributed by atoms with Crippen molar-refractivity contribution in [1.29, 1.82) is 0 Å². The Bertz CT molecular complexity index is 608. The van der Waals surface area contributed by atoms with Crippen molar-refractivity contribution in [3.63, 3.8) is 0 Å². The van der Waals surface area contributed by atoms with Gasteiger partial charge in [-0.15, -0.1) is 0 Å². The van der Waals surface area contributed by atoms with Crippen LogP contribution in [0.1, 0.15) is 12.0 Å². The van der Waals surface area contributed by atoms with Gasteiger partial charge in [0.05, 0.1) is 13.0 Å². The molecule has 0 aliphatic rings. The molecule has 0 spiro atoms. The van der Waals surface area contributed by atoms with E-state index in [0.717, 1.165) is 5.69 Å². The molecule has 0 saturated carbocycles. The van der Waals surface area contributed by atoms with Crippen molar-refractivity contribution in [3.05, 3.63) is 54.1 Å². The van der Waals surface area contributed by atoms with Crippen LogP contribution in [-0.4, -0.2) is 19.6 Å². The Morgan fingerprint density at radius 3 is 2.57 bits per heavy atom. The number of carbonyl (C=O) groups is 1. The van der Waals surface area contributed by atoms with E-state index < -0.39 is 0 Å². The standard InChI is InChI=1S/C17H20N2O2/c1-13-6-8-15(9-7-13)19(2)17(20)10-11-21-16-5-3-4-14(18)12-16/h3-9,12H,10-11,18H2,1-2H3. The highest BCUT2D eigenvalue weighted by Crippen LogP contribution is 2.16. The molecule has 0 aromatic heterocycles. The molecular weight excluding hydrogens is 264 g/mol. The van der Waals surface area contributed by atoms with Crippen molar-refractivity contribution in [2.24, 2.45) is 0 Å². The highest BCUT2D eigenvalue weighted by Gasteiger charge is 2.10. The van der Waals surface area contributed by atoms with Crippen LogP contribution in [0, 0.1) is 6.92 Å². The first kappa shape index (κ1) is 14.9. The number of anilines is 2. The van der Waals surface area contributed by atoms with Gasteiger partial charge in [0.25, 0.3) is 0 Å². The van der Waals surface area contributed by atoms with Gasteiger partial charge in [0.1, 0.15) is 5.75 Å². The van der Waals surface area contributed by atoms with Crippen molar-refractivity contribution in [2.45, 2.75) is 13.3 Å². The van der Waals surface area contributed by atoms with Gasteiger partial charge in [-0.1, -0.05) is 23.8 Å². The van der Waals surface area contributed by atoms with E-state index >= 15 is 0 Å². The first-order valence-electron chi connectivity index (χ1n) is 6.88. The third kappa shape index (κ3) is 4.24. The Hall–Kier alpha value is -2.49. The molecule has 2 rings (SSSR count). The SMILES string of the molecule is Cc1ccc(N(C)C(=O)CCOc2cccc(N)c2)cc1. The predicted molar refractivity (Wildman–Crippen MR) is 85.6 cm³/mol. The predicted octanol–water partition coefficient (Wildman–Crippen LogP) is 3.01. The number of aryl methyl sites for hydroxylation is 1. The van der Waals surface area contributed by atoms with Crippen molar-refractivity contribution in [2.75, 3.05) is 24.3 Å². The molecule has 4 heteroatoms. The Morgan fingerprint density at radius 1 is 1.19 bits per heavy atom. The summed E-state index contributed by atoms with van der Waals surface area (Å²) in [4.78, 5) is 13.7. The van der Waals surface area contributed by atoms with Gasteiger partial charge in [0, 0.05) is 24.5 Å². The van der Waals surface area contributed by atoms with Gasteiger partial charge in [0.2, 0.25) is 5.91 Å². The van der Waals surface area contributed by atoms with Gasteiger partial charge < -0.3 is 15.4 Å². The number of nitrogens with zero attached hydrogens (tertiary/aromatic N) is 1. The number of ether oxygens (including phenoxy) is 1. The number of hydrogen-bond donors (Lipinski definition) is 1. The molecule has 0 fully saturated rings. The lowest BCUT2D eigenvalue weighted by Gasteiger charge is -2.17. The van der Waals surface area contributed by atoms with Gasteiger partial charge in [-0.05, 0) is 31.2 Å². The van der Waals surface area contributed by atoms with Crippen LogP contribution >= 0.6 is 0 Å². The number of rotatable bonds is 5. The summed E-state index contributed by atoms with van der Waals surface area (Å²) in [7, 11) is 1.77. The number of hydrogen-bond acceptors (Lipinski definition) is 3. The third-order valence-corrected chi connectivity index (χ3v) is 3.24. The lowest BCUT2D eigenvalue weighted by atomic mass is 10.2. The van der Waals surface area contributed by atoms with Gasteiger partial charge in [-0.25, -0.2) is 0 Å². The van der Waals surface area contributed by atoms with Gasteiger partial charge >= 0.3 is 0 Å². The van der Waals surface area contributed by atoms with Crippen LogP contribution in [0.2, 0.25) is 0 Å². The van der Waals surface area contributed by atoms with Crippen LogP contribution in [0.5, 0.6) is 5.75 Å². The fourth-order valence-electron chi connectivity index (χ4n) is 1.94. The highest BCUT2D eigenvalue weighted by atomic mass is 16.5. The normalized spacial score (nSPS) is 10.2. The molecule has 0 unspecified atom stereocenters. The van der Waals surface area contributed by atoms with Gasteiger partial charge in [0.15, 0.2) is 0 Å². The quantitative estimate of drug-likeness (QED) is 0.859. The summed E-state index contributed by atoms with van der Waals surface area (Å²) >= 11 is 0. The summed E-state index contributed by atoms with van der Waals surface area (Å²) in [6.07, 6.45) is 0.319. The van der Waals surface area contributed by atoms with E-state index in [2.05, 4.69) is 0 Å². The summed E-state index contributed by atoms with van der Waals surface area (Å²) in [5, 5.41) is 0. The monoisotopic (exact) mass is 284 g/mol. The lowest BCUT2D eigenvalue weighted by Crippen LogP contribution is -2.27. The van der Waals surface area contributed by atoms with Crippen LogP contribution in [-0.2, 0) is 4.79 Å². The van der Waals surface area contributed by atoms with Crippen molar-refractivity contribution >= 4 is 17.3 Å². The zero-order chi connectivity index (χ0) is 15.2. The summed E-state index contributed by atoms with van der Waals surface area (Å²) in [5.41, 5.74) is 8.37. The molecule has 1 amide bonds. The average Bonchev–Trinajstić information content (AvgIpc) is 2.47. The maximum atomic E-state index is 12.1. The Morgan fingerprint density at radius 2 is 1.90 bits per heavy atom. The van der Waals surface area contributed by atoms with Crippen LogP contribution in [0.3, 0.4) is 0 Å². The summed E-state index contributed by atoms with van der Waals surface area (Å²) in [6, 6.07) is 15.0. The topological polar surface area (TPSA) is 55.6 Å². The highest BCUT2D eigenvalue weighted by molar-refractivity contribution is 5.92. The van der Waals surface area contributed by atoms with E-state index in [0.29, 0.717) is 24.5 Å². The summed E-state index contributed by atoms with van der Waals surface area (Å²) in [5.74, 6) is 0.698. The molecular formula is C17H20N2O2. The second-order valence-electron chi connectivity index (χ2n) is 4.96. The van der Waals surface area contributed by atoms with Crippen molar-refractivity contribution in [3.8, 4) is 5.75 Å². The minimum absolute atomic E-state index is 0.0164. The zero-order valence-electron chi connectivity index (χ0n) is 12.4. The number of amides is 1. The van der Waals surface area contributed by atoms with E-state index in [1.807, 2.05) is 43.3 Å². The smallest absolute Gasteiger partial charge is 0.230 e. The molecule has 0 radical (unpaired) electrons. The molecule has 0 atom stereocenters. The van der Waals surface area contributed by atoms with Crippen LogP contribution < -0.4 is 15.4 Å². The lowest BCUT2D eigenvalue weighted by molar-refractivity contribution is -0.118. The second-order valence-corrected chi connectivity index (χ2v) is 4.96. The Kier molecular flexibility index (Phi) is 4.82. The van der Waals surface area contributed by atoms with E-state index in [1.165, 1.54) is 5.56 Å². The number of carbonyl (C=O) groups excluding carboxylic acids is 1. The van der Waals surface area contributed by atoms with E-state index in [-0.39, 0.29) is 5.91 Å². The maximum absolute atomic E-state index is 12.1. The molecule has 2 N–H and O–H groups in total. The van der Waals surface area contributed by atoms with Gasteiger partial charge in [-0.2, -0.15) is 0 Å². The van der Waals surface area contributed by atoms with Gasteiger partial charge in [-0.3, -0.25) is 4.79 Å². The first-order valence-corrected chi connectivity index (χ1v) is 6.88. The van der Waals surface area contributed by atoms with Crippen molar-refractivity contribution in [1.82, 2.24) is 0 Å².